The molecule has 0 atom stereocenters. The summed E-state index contributed by atoms with van der Waals surface area (Å²) in [5.74, 6) is 0. The second-order valence-corrected chi connectivity index (χ2v) is 8.76. The highest BCUT2D eigenvalue weighted by Crippen LogP contribution is 2.45. The fraction of sp³-hybridized carbons (Fsp3) is 0.130. The van der Waals surface area contributed by atoms with Crippen molar-refractivity contribution in [2.45, 2.75) is 25.7 Å². The van der Waals surface area contributed by atoms with Crippen LogP contribution in [0.3, 0.4) is 0 Å². The summed E-state index contributed by atoms with van der Waals surface area (Å²) in [6, 6.07) is 19.3. The normalized spacial score (nSPS) is 14.1. The molecule has 0 aromatic heterocycles. The first kappa shape index (κ1) is 17.6. The van der Waals surface area contributed by atoms with Crippen LogP contribution in [-0.4, -0.2) is 8.42 Å². The summed E-state index contributed by atoms with van der Waals surface area (Å²) < 4.78 is 28.1. The highest BCUT2D eigenvalue weighted by molar-refractivity contribution is 7.89. The second kappa shape index (κ2) is 6.39. The van der Waals surface area contributed by atoms with Crippen LogP contribution in [-0.2, 0) is 10.0 Å². The number of benzene rings is 3. The maximum atomic E-state index is 12.7. The smallest absolute Gasteiger partial charge is 0.261 e. The maximum Gasteiger partial charge on any atom is 0.261 e. The van der Waals surface area contributed by atoms with Gasteiger partial charge in [0.25, 0.3) is 10.0 Å². The lowest BCUT2D eigenvalue weighted by molar-refractivity contribution is 0.590. The standard InChI is InChI=1S/C23H21NO2S/c1-15-8-10-18(11-9-15)27(25,26)24-14-22-20-7-5-4-6-19(20)21-13-16(2)12-17(3)23(21)22/h4-14,24H,1-3H3. The monoisotopic (exact) mass is 375 g/mol. The largest absolute Gasteiger partial charge is 0.286 e. The Kier molecular flexibility index (Phi) is 4.16. The summed E-state index contributed by atoms with van der Waals surface area (Å²) in [6.45, 7) is 6.08. The average Bonchev–Trinajstić information content (AvgIpc) is 2.95. The summed E-state index contributed by atoms with van der Waals surface area (Å²) >= 11 is 0. The van der Waals surface area contributed by atoms with Gasteiger partial charge in [-0.15, -0.1) is 0 Å². The van der Waals surface area contributed by atoms with E-state index in [9.17, 15) is 8.42 Å². The molecule has 0 saturated carbocycles. The van der Waals surface area contributed by atoms with Crippen molar-refractivity contribution in [1.82, 2.24) is 4.72 Å². The van der Waals surface area contributed by atoms with E-state index in [2.05, 4.69) is 36.8 Å². The third-order valence-corrected chi connectivity index (χ3v) is 6.27. The number of aryl methyl sites for hydroxylation is 3. The van der Waals surface area contributed by atoms with Crippen molar-refractivity contribution in [3.63, 3.8) is 0 Å². The van der Waals surface area contributed by atoms with Crippen molar-refractivity contribution in [3.8, 4) is 11.1 Å². The zero-order valence-corrected chi connectivity index (χ0v) is 16.4. The van der Waals surface area contributed by atoms with Gasteiger partial charge in [0.05, 0.1) is 4.90 Å². The second-order valence-electron chi connectivity index (χ2n) is 7.04. The van der Waals surface area contributed by atoms with Gasteiger partial charge in [-0.05, 0) is 60.7 Å². The van der Waals surface area contributed by atoms with Crippen LogP contribution in [0.25, 0.3) is 16.7 Å². The van der Waals surface area contributed by atoms with Gasteiger partial charge in [0.15, 0.2) is 0 Å². The molecule has 0 unspecified atom stereocenters. The van der Waals surface area contributed by atoms with Gasteiger partial charge in [0.1, 0.15) is 0 Å². The van der Waals surface area contributed by atoms with Crippen LogP contribution in [0.1, 0.15) is 27.8 Å². The van der Waals surface area contributed by atoms with Gasteiger partial charge < -0.3 is 0 Å². The van der Waals surface area contributed by atoms with E-state index in [1.54, 1.807) is 30.5 Å². The SMILES string of the molecule is Cc1ccc(S(=O)(=O)NC=C2c3ccccc3-c3cc(C)cc(C)c32)cc1. The molecule has 1 aliphatic rings. The number of sulfonamides is 1. The number of rotatable bonds is 3. The average molecular weight is 375 g/mol. The Bertz CT molecular complexity index is 1170. The lowest BCUT2D eigenvalue weighted by atomic mass is 9.97. The van der Waals surface area contributed by atoms with E-state index in [1.165, 1.54) is 5.56 Å². The van der Waals surface area contributed by atoms with Crippen molar-refractivity contribution in [2.75, 3.05) is 0 Å². The molecule has 3 aromatic rings. The fourth-order valence-corrected chi connectivity index (χ4v) is 4.60. The number of hydrogen-bond donors (Lipinski definition) is 1. The zero-order valence-electron chi connectivity index (χ0n) is 15.6. The number of fused-ring (bicyclic) bond motifs is 3. The minimum absolute atomic E-state index is 0.261. The Morgan fingerprint density at radius 1 is 0.778 bits per heavy atom. The molecular formula is C23H21NO2S. The predicted octanol–water partition coefficient (Wildman–Crippen LogP) is 4.96. The molecule has 0 aliphatic heterocycles. The molecule has 27 heavy (non-hydrogen) atoms. The molecule has 0 fully saturated rings. The molecular weight excluding hydrogens is 354 g/mol. The highest BCUT2D eigenvalue weighted by Gasteiger charge is 2.25. The number of hydrogen-bond acceptors (Lipinski definition) is 2. The summed E-state index contributed by atoms with van der Waals surface area (Å²) in [4.78, 5) is 0.261. The Balaban J connectivity index is 1.81. The Labute approximate surface area is 160 Å². The van der Waals surface area contributed by atoms with Crippen molar-refractivity contribution in [3.05, 3.63) is 94.7 Å². The maximum absolute atomic E-state index is 12.7. The Hall–Kier alpha value is -2.85. The van der Waals surface area contributed by atoms with E-state index >= 15 is 0 Å². The molecule has 4 heteroatoms. The van der Waals surface area contributed by atoms with Crippen molar-refractivity contribution < 1.29 is 8.42 Å². The van der Waals surface area contributed by atoms with Gasteiger partial charge in [-0.2, -0.15) is 0 Å². The Morgan fingerprint density at radius 3 is 2.15 bits per heavy atom. The zero-order chi connectivity index (χ0) is 19.2. The molecule has 0 spiro atoms. The first-order valence-corrected chi connectivity index (χ1v) is 10.4. The fourth-order valence-electron chi connectivity index (χ4n) is 3.70. The lowest BCUT2D eigenvalue weighted by Gasteiger charge is -2.10. The van der Waals surface area contributed by atoms with Crippen LogP contribution < -0.4 is 4.72 Å². The van der Waals surface area contributed by atoms with Crippen LogP contribution >= 0.6 is 0 Å². The first-order valence-electron chi connectivity index (χ1n) is 8.87. The van der Waals surface area contributed by atoms with E-state index in [0.717, 1.165) is 39.0 Å². The van der Waals surface area contributed by atoms with Crippen LogP contribution in [0.5, 0.6) is 0 Å². The topological polar surface area (TPSA) is 46.2 Å². The van der Waals surface area contributed by atoms with Crippen LogP contribution in [0.4, 0.5) is 0 Å². The van der Waals surface area contributed by atoms with Crippen molar-refractivity contribution in [2.24, 2.45) is 0 Å². The molecule has 1 aliphatic carbocycles. The predicted molar refractivity (Wildman–Crippen MR) is 110 cm³/mol. The van der Waals surface area contributed by atoms with E-state index in [-0.39, 0.29) is 4.90 Å². The molecule has 0 heterocycles. The minimum Gasteiger partial charge on any atom is -0.286 e. The molecule has 4 rings (SSSR count). The third kappa shape index (κ3) is 3.06. The molecule has 0 amide bonds. The summed E-state index contributed by atoms with van der Waals surface area (Å²) in [5, 5.41) is 0. The van der Waals surface area contributed by atoms with E-state index in [0.29, 0.717) is 0 Å². The van der Waals surface area contributed by atoms with E-state index < -0.39 is 10.0 Å². The molecule has 3 nitrogen and oxygen atoms in total. The molecule has 0 bridgehead atoms. The van der Waals surface area contributed by atoms with Gasteiger partial charge in [-0.25, -0.2) is 8.42 Å². The summed E-state index contributed by atoms with van der Waals surface area (Å²) in [6.07, 6.45) is 1.63. The molecule has 0 saturated heterocycles. The van der Waals surface area contributed by atoms with Crippen LogP contribution in [0, 0.1) is 20.8 Å². The van der Waals surface area contributed by atoms with Crippen LogP contribution in [0.15, 0.2) is 71.8 Å². The van der Waals surface area contributed by atoms with Gasteiger partial charge in [-0.1, -0.05) is 59.7 Å². The van der Waals surface area contributed by atoms with Gasteiger partial charge >= 0.3 is 0 Å². The van der Waals surface area contributed by atoms with Crippen LogP contribution in [0.2, 0.25) is 0 Å². The van der Waals surface area contributed by atoms with Crippen molar-refractivity contribution >= 4 is 15.6 Å². The molecule has 3 aromatic carbocycles. The number of nitrogens with one attached hydrogen (secondary N) is 1. The highest BCUT2D eigenvalue weighted by atomic mass is 32.2. The van der Waals surface area contributed by atoms with Gasteiger partial charge in [-0.3, -0.25) is 4.72 Å². The van der Waals surface area contributed by atoms with Crippen molar-refractivity contribution in [1.29, 1.82) is 0 Å². The van der Waals surface area contributed by atoms with Gasteiger partial charge in [0, 0.05) is 11.8 Å². The van der Waals surface area contributed by atoms with E-state index in [4.69, 9.17) is 0 Å². The van der Waals surface area contributed by atoms with Gasteiger partial charge in [0.2, 0.25) is 0 Å². The third-order valence-electron chi connectivity index (χ3n) is 4.95. The Morgan fingerprint density at radius 2 is 1.44 bits per heavy atom. The molecule has 0 radical (unpaired) electrons. The summed E-state index contributed by atoms with van der Waals surface area (Å²) in [7, 11) is -3.62. The minimum atomic E-state index is -3.62. The quantitative estimate of drug-likeness (QED) is 0.550. The van der Waals surface area contributed by atoms with E-state index in [1.807, 2.05) is 25.1 Å². The molecule has 1 N–H and O–H groups in total. The molecule has 136 valence electrons. The summed E-state index contributed by atoms with van der Waals surface area (Å²) in [5.41, 5.74) is 8.71. The first-order chi connectivity index (χ1) is 12.9. The lowest BCUT2D eigenvalue weighted by Crippen LogP contribution is -2.18.